The van der Waals surface area contributed by atoms with Crippen molar-refractivity contribution in [3.8, 4) is 22.6 Å². The van der Waals surface area contributed by atoms with Gasteiger partial charge in [-0.25, -0.2) is 4.79 Å². The third kappa shape index (κ3) is 4.78. The molecule has 1 N–H and O–H groups in total. The van der Waals surface area contributed by atoms with Gasteiger partial charge >= 0.3 is 5.63 Å². The molecule has 0 unspecified atom stereocenters. The molecule has 6 heteroatoms. The first-order valence-corrected chi connectivity index (χ1v) is 9.90. The van der Waals surface area contributed by atoms with Gasteiger partial charge in [-0.05, 0) is 67.4 Å². The van der Waals surface area contributed by atoms with Crippen molar-refractivity contribution in [1.29, 1.82) is 0 Å². The zero-order valence-corrected chi connectivity index (χ0v) is 16.5. The molecule has 29 heavy (non-hydrogen) atoms. The van der Waals surface area contributed by atoms with Crippen molar-refractivity contribution < 1.29 is 18.6 Å². The lowest BCUT2D eigenvalue weighted by Gasteiger charge is -2.22. The minimum atomic E-state index is -0.381. The normalized spacial score (nSPS) is 14.8. The van der Waals surface area contributed by atoms with Gasteiger partial charge in [-0.3, -0.25) is 0 Å². The Morgan fingerprint density at radius 2 is 1.76 bits per heavy atom. The molecule has 1 fully saturated rings. The SMILES string of the molecule is COc1ccc2oc(=O)cc(-c3ccc(OCCOC4CCNCC4)cc3)c2c1. The first kappa shape index (κ1) is 19.5. The van der Waals surface area contributed by atoms with Crippen LogP contribution in [0.2, 0.25) is 0 Å². The van der Waals surface area contributed by atoms with E-state index in [1.165, 1.54) is 6.07 Å². The van der Waals surface area contributed by atoms with E-state index in [0.717, 1.165) is 48.2 Å². The van der Waals surface area contributed by atoms with Crippen molar-refractivity contribution >= 4 is 11.0 Å². The van der Waals surface area contributed by atoms with Crippen LogP contribution in [0, 0.1) is 0 Å². The first-order chi connectivity index (χ1) is 14.2. The molecule has 6 nitrogen and oxygen atoms in total. The number of benzene rings is 2. The third-order valence-electron chi connectivity index (χ3n) is 5.11. The van der Waals surface area contributed by atoms with Crippen molar-refractivity contribution in [1.82, 2.24) is 5.32 Å². The summed E-state index contributed by atoms with van der Waals surface area (Å²) in [6.07, 6.45) is 2.44. The highest BCUT2D eigenvalue weighted by Gasteiger charge is 2.13. The second kappa shape index (κ2) is 9.11. The lowest BCUT2D eigenvalue weighted by Crippen LogP contribution is -2.33. The number of fused-ring (bicyclic) bond motifs is 1. The minimum absolute atomic E-state index is 0.331. The lowest BCUT2D eigenvalue weighted by molar-refractivity contribution is 0.0168. The maximum atomic E-state index is 12.0. The molecule has 0 radical (unpaired) electrons. The van der Waals surface area contributed by atoms with Crippen LogP contribution in [0.3, 0.4) is 0 Å². The van der Waals surface area contributed by atoms with E-state index in [2.05, 4.69) is 5.32 Å². The number of methoxy groups -OCH3 is 1. The topological polar surface area (TPSA) is 69.9 Å². The second-order valence-electron chi connectivity index (χ2n) is 7.03. The third-order valence-corrected chi connectivity index (χ3v) is 5.11. The summed E-state index contributed by atoms with van der Waals surface area (Å²) >= 11 is 0. The van der Waals surface area contributed by atoms with Crippen LogP contribution in [0.1, 0.15) is 12.8 Å². The molecule has 0 atom stereocenters. The summed E-state index contributed by atoms with van der Waals surface area (Å²) in [5.74, 6) is 1.48. The molecule has 0 aliphatic carbocycles. The summed E-state index contributed by atoms with van der Waals surface area (Å²) in [5, 5.41) is 4.15. The highest BCUT2D eigenvalue weighted by molar-refractivity contribution is 5.94. The molecule has 3 aromatic rings. The quantitative estimate of drug-likeness (QED) is 0.487. The minimum Gasteiger partial charge on any atom is -0.497 e. The summed E-state index contributed by atoms with van der Waals surface area (Å²) in [4.78, 5) is 12.0. The van der Waals surface area contributed by atoms with Crippen LogP contribution < -0.4 is 20.4 Å². The smallest absolute Gasteiger partial charge is 0.336 e. The van der Waals surface area contributed by atoms with Crippen LogP contribution in [0.15, 0.2) is 57.7 Å². The predicted molar refractivity (Wildman–Crippen MR) is 112 cm³/mol. The van der Waals surface area contributed by atoms with Crippen LogP contribution in [-0.4, -0.2) is 39.5 Å². The number of ether oxygens (including phenoxy) is 3. The van der Waals surface area contributed by atoms with Gasteiger partial charge in [-0.2, -0.15) is 0 Å². The van der Waals surface area contributed by atoms with E-state index in [1.54, 1.807) is 19.2 Å². The molecule has 1 aliphatic heterocycles. The Hall–Kier alpha value is -2.83. The number of piperidine rings is 1. The van der Waals surface area contributed by atoms with Crippen molar-refractivity contribution in [3.63, 3.8) is 0 Å². The lowest BCUT2D eigenvalue weighted by atomic mass is 10.0. The first-order valence-electron chi connectivity index (χ1n) is 9.90. The summed E-state index contributed by atoms with van der Waals surface area (Å²) in [6.45, 7) is 3.13. The van der Waals surface area contributed by atoms with E-state index in [9.17, 15) is 4.79 Å². The van der Waals surface area contributed by atoms with Gasteiger partial charge in [-0.15, -0.1) is 0 Å². The zero-order chi connectivity index (χ0) is 20.1. The largest absolute Gasteiger partial charge is 0.497 e. The van der Waals surface area contributed by atoms with Gasteiger partial charge in [0.25, 0.3) is 0 Å². The molecule has 1 aliphatic rings. The molecule has 0 saturated carbocycles. The number of rotatable bonds is 7. The Labute approximate surface area is 169 Å². The molecular formula is C23H25NO5. The summed E-state index contributed by atoms with van der Waals surface area (Å²) < 4.78 is 22.3. The van der Waals surface area contributed by atoms with Gasteiger partial charge in [0.2, 0.25) is 0 Å². The Balaban J connectivity index is 1.44. The number of hydrogen-bond acceptors (Lipinski definition) is 6. The Kier molecular flexibility index (Phi) is 6.12. The van der Waals surface area contributed by atoms with Crippen molar-refractivity contribution in [2.45, 2.75) is 18.9 Å². The van der Waals surface area contributed by atoms with Gasteiger partial charge in [-0.1, -0.05) is 12.1 Å². The van der Waals surface area contributed by atoms with E-state index in [4.69, 9.17) is 18.6 Å². The zero-order valence-electron chi connectivity index (χ0n) is 16.5. The average Bonchev–Trinajstić information content (AvgIpc) is 2.77. The fourth-order valence-corrected chi connectivity index (χ4v) is 3.57. The average molecular weight is 395 g/mol. The van der Waals surface area contributed by atoms with Crippen molar-refractivity contribution in [2.75, 3.05) is 33.4 Å². The van der Waals surface area contributed by atoms with Gasteiger partial charge in [0.05, 0.1) is 19.8 Å². The van der Waals surface area contributed by atoms with Gasteiger partial charge in [0.1, 0.15) is 23.7 Å². The maximum Gasteiger partial charge on any atom is 0.336 e. The highest BCUT2D eigenvalue weighted by atomic mass is 16.5. The van der Waals surface area contributed by atoms with Gasteiger partial charge in [0.15, 0.2) is 0 Å². The monoisotopic (exact) mass is 395 g/mol. The van der Waals surface area contributed by atoms with Crippen molar-refractivity contribution in [2.24, 2.45) is 0 Å². The summed E-state index contributed by atoms with van der Waals surface area (Å²) in [6, 6.07) is 14.6. The molecule has 1 aromatic heterocycles. The van der Waals surface area contributed by atoms with E-state index >= 15 is 0 Å². The van der Waals surface area contributed by atoms with Crippen LogP contribution >= 0.6 is 0 Å². The fourth-order valence-electron chi connectivity index (χ4n) is 3.57. The summed E-state index contributed by atoms with van der Waals surface area (Å²) in [5.41, 5.74) is 1.86. The Bertz CT molecular complexity index is 1010. The van der Waals surface area contributed by atoms with Gasteiger partial charge in [0, 0.05) is 11.5 Å². The Morgan fingerprint density at radius 3 is 2.52 bits per heavy atom. The van der Waals surface area contributed by atoms with Crippen LogP contribution in [0.4, 0.5) is 0 Å². The predicted octanol–water partition coefficient (Wildman–Crippen LogP) is 3.62. The van der Waals surface area contributed by atoms with E-state index in [1.807, 2.05) is 30.3 Å². The molecule has 1 saturated heterocycles. The number of nitrogens with one attached hydrogen (secondary N) is 1. The highest BCUT2D eigenvalue weighted by Crippen LogP contribution is 2.31. The number of hydrogen-bond donors (Lipinski definition) is 1. The fraction of sp³-hybridized carbons (Fsp3) is 0.348. The standard InChI is InChI=1S/C23H25NO5/c1-26-19-6-7-22-21(14-19)20(15-23(25)29-22)16-2-4-17(5-3-16)27-12-13-28-18-8-10-24-11-9-18/h2-7,14-15,18,24H,8-13H2,1H3. The molecule has 4 rings (SSSR count). The van der Waals surface area contributed by atoms with E-state index in [0.29, 0.717) is 30.7 Å². The van der Waals surface area contributed by atoms with E-state index in [-0.39, 0.29) is 5.63 Å². The maximum absolute atomic E-state index is 12.0. The molecule has 0 amide bonds. The molecule has 152 valence electrons. The molecule has 2 heterocycles. The van der Waals surface area contributed by atoms with Gasteiger partial charge < -0.3 is 23.9 Å². The van der Waals surface area contributed by atoms with Crippen LogP contribution in [-0.2, 0) is 4.74 Å². The molecular weight excluding hydrogens is 370 g/mol. The summed E-state index contributed by atoms with van der Waals surface area (Å²) in [7, 11) is 1.61. The second-order valence-corrected chi connectivity index (χ2v) is 7.03. The molecule has 2 aromatic carbocycles. The van der Waals surface area contributed by atoms with Crippen LogP contribution in [0.5, 0.6) is 11.5 Å². The van der Waals surface area contributed by atoms with Crippen molar-refractivity contribution in [3.05, 3.63) is 59.0 Å². The molecule has 0 bridgehead atoms. The van der Waals surface area contributed by atoms with E-state index < -0.39 is 0 Å². The molecule has 0 spiro atoms. The Morgan fingerprint density at radius 1 is 1.00 bits per heavy atom. The van der Waals surface area contributed by atoms with Crippen LogP contribution in [0.25, 0.3) is 22.1 Å².